The van der Waals surface area contributed by atoms with E-state index in [1.807, 2.05) is 36.4 Å². The van der Waals surface area contributed by atoms with E-state index in [0.717, 1.165) is 40.7 Å². The van der Waals surface area contributed by atoms with Crippen LogP contribution in [0.15, 0.2) is 57.9 Å². The lowest BCUT2D eigenvalue weighted by molar-refractivity contribution is 0.288. The van der Waals surface area contributed by atoms with Gasteiger partial charge in [0.15, 0.2) is 0 Å². The predicted molar refractivity (Wildman–Crippen MR) is 102 cm³/mol. The van der Waals surface area contributed by atoms with Gasteiger partial charge >= 0.3 is 0 Å². The molecule has 1 aliphatic heterocycles. The lowest BCUT2D eigenvalue weighted by atomic mass is 10.2. The number of fused-ring (bicyclic) bond motifs is 1. The third-order valence-electron chi connectivity index (χ3n) is 4.54. The number of hydrogen-bond donors (Lipinski definition) is 1. The van der Waals surface area contributed by atoms with Gasteiger partial charge in [0.1, 0.15) is 18.0 Å². The maximum Gasteiger partial charge on any atom is 0.251 e. The topological polar surface area (TPSA) is 58.2 Å². The van der Waals surface area contributed by atoms with Gasteiger partial charge in [0.2, 0.25) is 0 Å². The molecule has 2 aromatic heterocycles. The second-order valence-electron chi connectivity index (χ2n) is 6.17. The van der Waals surface area contributed by atoms with Crippen molar-refractivity contribution in [2.45, 2.75) is 18.9 Å². The van der Waals surface area contributed by atoms with Crippen LogP contribution < -0.4 is 15.2 Å². The number of aromatic amines is 1. The van der Waals surface area contributed by atoms with Gasteiger partial charge in [-0.25, -0.2) is 4.98 Å². The summed E-state index contributed by atoms with van der Waals surface area (Å²) < 4.78 is 7.01. The maximum atomic E-state index is 12.0. The van der Waals surface area contributed by atoms with Gasteiger partial charge in [-0.2, -0.15) is 0 Å². The van der Waals surface area contributed by atoms with Crippen LogP contribution in [0.4, 0.5) is 5.69 Å². The lowest BCUT2D eigenvalue weighted by Gasteiger charge is -2.27. The number of hydrogen-bond acceptors (Lipinski definition) is 4. The fourth-order valence-electron chi connectivity index (χ4n) is 3.35. The third-order valence-corrected chi connectivity index (χ3v) is 5.06. The quantitative estimate of drug-likeness (QED) is 0.725. The second-order valence-corrected chi connectivity index (χ2v) is 7.09. The molecule has 128 valence electrons. The first-order valence-corrected chi connectivity index (χ1v) is 9.13. The van der Waals surface area contributed by atoms with E-state index in [1.165, 1.54) is 0 Å². The lowest BCUT2D eigenvalue weighted by Crippen LogP contribution is -2.35. The van der Waals surface area contributed by atoms with Gasteiger partial charge in [-0.3, -0.25) is 4.79 Å². The average Bonchev–Trinajstić information content (AvgIpc) is 3.09. The zero-order valence-electron chi connectivity index (χ0n) is 13.6. The van der Waals surface area contributed by atoms with Gasteiger partial charge in [-0.1, -0.05) is 15.9 Å². The van der Waals surface area contributed by atoms with E-state index in [4.69, 9.17) is 4.74 Å². The molecule has 0 unspecified atom stereocenters. The van der Waals surface area contributed by atoms with Crippen molar-refractivity contribution in [1.82, 2.24) is 9.97 Å². The average molecular weight is 400 g/mol. The molecule has 0 radical (unpaired) electrons. The zero-order chi connectivity index (χ0) is 17.2. The van der Waals surface area contributed by atoms with Crippen LogP contribution in [0.3, 0.4) is 0 Å². The third kappa shape index (κ3) is 3.39. The van der Waals surface area contributed by atoms with Gasteiger partial charge < -0.3 is 14.6 Å². The molecule has 0 spiro atoms. The SMILES string of the molecule is O=c1cc(N2CCC[C@H]2COc2ccc(Br)cc2)c2cccnc2[nH]1. The Morgan fingerprint density at radius 2 is 2.12 bits per heavy atom. The van der Waals surface area contributed by atoms with Gasteiger partial charge in [-0.05, 0) is 49.2 Å². The van der Waals surface area contributed by atoms with Gasteiger partial charge in [0, 0.05) is 28.7 Å². The standard InChI is InChI=1S/C19H18BrN3O2/c20-13-5-7-15(8-6-13)25-12-14-3-2-10-23(14)17-11-18(24)22-19-16(17)4-1-9-21-19/h1,4-9,11,14H,2-3,10,12H2,(H,21,22,24)/t14-/m0/s1. The molecule has 1 aromatic carbocycles. The molecule has 3 aromatic rings. The van der Waals surface area contributed by atoms with Crippen LogP contribution >= 0.6 is 15.9 Å². The highest BCUT2D eigenvalue weighted by Gasteiger charge is 2.27. The van der Waals surface area contributed by atoms with E-state index in [9.17, 15) is 4.79 Å². The maximum absolute atomic E-state index is 12.0. The number of H-pyrrole nitrogens is 1. The summed E-state index contributed by atoms with van der Waals surface area (Å²) >= 11 is 3.43. The molecule has 4 rings (SSSR count). The normalized spacial score (nSPS) is 17.2. The molecule has 0 bridgehead atoms. The molecular weight excluding hydrogens is 382 g/mol. The monoisotopic (exact) mass is 399 g/mol. The number of nitrogens with zero attached hydrogens (tertiary/aromatic N) is 2. The Morgan fingerprint density at radius 3 is 2.96 bits per heavy atom. The molecule has 3 heterocycles. The summed E-state index contributed by atoms with van der Waals surface area (Å²) in [5, 5.41) is 0.970. The molecule has 6 heteroatoms. The summed E-state index contributed by atoms with van der Waals surface area (Å²) in [4.78, 5) is 21.4. The van der Waals surface area contributed by atoms with Gasteiger partial charge in [-0.15, -0.1) is 0 Å². The Morgan fingerprint density at radius 1 is 1.28 bits per heavy atom. The molecule has 1 aliphatic rings. The van der Waals surface area contributed by atoms with E-state index in [-0.39, 0.29) is 11.6 Å². The van der Waals surface area contributed by atoms with Crippen LogP contribution in [0, 0.1) is 0 Å². The zero-order valence-corrected chi connectivity index (χ0v) is 15.2. The van der Waals surface area contributed by atoms with E-state index in [2.05, 4.69) is 30.8 Å². The number of halogens is 1. The minimum absolute atomic E-state index is 0.124. The minimum Gasteiger partial charge on any atom is -0.491 e. The van der Waals surface area contributed by atoms with Crippen LogP contribution in [-0.2, 0) is 0 Å². The first kappa shape index (κ1) is 16.1. The molecule has 0 saturated carbocycles. The number of benzene rings is 1. The summed E-state index contributed by atoms with van der Waals surface area (Å²) in [6, 6.07) is 13.7. The van der Waals surface area contributed by atoms with Crippen molar-refractivity contribution in [2.24, 2.45) is 0 Å². The van der Waals surface area contributed by atoms with E-state index in [0.29, 0.717) is 12.3 Å². The highest BCUT2D eigenvalue weighted by Crippen LogP contribution is 2.30. The van der Waals surface area contributed by atoms with E-state index in [1.54, 1.807) is 12.3 Å². The summed E-state index contributed by atoms with van der Waals surface area (Å²) in [7, 11) is 0. The van der Waals surface area contributed by atoms with Crippen molar-refractivity contribution < 1.29 is 4.74 Å². The summed E-state index contributed by atoms with van der Waals surface area (Å²) in [5.74, 6) is 0.854. The van der Waals surface area contributed by atoms with Crippen LogP contribution in [0.1, 0.15) is 12.8 Å². The molecule has 1 atom stereocenters. The number of pyridine rings is 2. The fraction of sp³-hybridized carbons (Fsp3) is 0.263. The van der Waals surface area contributed by atoms with Crippen molar-refractivity contribution in [3.05, 3.63) is 63.5 Å². The Kier molecular flexibility index (Phi) is 4.44. The summed E-state index contributed by atoms with van der Waals surface area (Å²) in [6.45, 7) is 1.51. The number of nitrogens with one attached hydrogen (secondary N) is 1. The molecule has 25 heavy (non-hydrogen) atoms. The van der Waals surface area contributed by atoms with Crippen LogP contribution in [0.25, 0.3) is 11.0 Å². The molecule has 0 aliphatic carbocycles. The summed E-state index contributed by atoms with van der Waals surface area (Å²) in [6.07, 6.45) is 3.83. The fourth-order valence-corrected chi connectivity index (χ4v) is 3.62. The molecule has 5 nitrogen and oxygen atoms in total. The molecule has 1 saturated heterocycles. The largest absolute Gasteiger partial charge is 0.491 e. The number of ether oxygens (including phenoxy) is 1. The first-order valence-electron chi connectivity index (χ1n) is 8.34. The van der Waals surface area contributed by atoms with Crippen molar-refractivity contribution in [3.8, 4) is 5.75 Å². The highest BCUT2D eigenvalue weighted by atomic mass is 79.9. The van der Waals surface area contributed by atoms with Gasteiger partial charge in [0.25, 0.3) is 5.56 Å². The van der Waals surface area contributed by atoms with Crippen LogP contribution in [0.2, 0.25) is 0 Å². The highest BCUT2D eigenvalue weighted by molar-refractivity contribution is 9.10. The molecule has 1 N–H and O–H groups in total. The predicted octanol–water partition coefficient (Wildman–Crippen LogP) is 3.73. The van der Waals surface area contributed by atoms with Crippen LogP contribution in [-0.4, -0.2) is 29.2 Å². The van der Waals surface area contributed by atoms with E-state index < -0.39 is 0 Å². The minimum atomic E-state index is -0.124. The van der Waals surface area contributed by atoms with Gasteiger partial charge in [0.05, 0.1) is 11.7 Å². The Hall–Kier alpha value is -2.34. The first-order chi connectivity index (χ1) is 12.2. The molecule has 1 fully saturated rings. The van der Waals surface area contributed by atoms with Crippen LogP contribution in [0.5, 0.6) is 5.75 Å². The van der Waals surface area contributed by atoms with Crippen molar-refractivity contribution in [1.29, 1.82) is 0 Å². The Bertz CT molecular complexity index is 939. The van der Waals surface area contributed by atoms with Crippen molar-refractivity contribution in [3.63, 3.8) is 0 Å². The Labute approximate surface area is 153 Å². The number of anilines is 1. The second kappa shape index (κ2) is 6.88. The molecular formula is C19H18BrN3O2. The van der Waals surface area contributed by atoms with Crippen molar-refractivity contribution >= 4 is 32.7 Å². The smallest absolute Gasteiger partial charge is 0.251 e. The number of aromatic nitrogens is 2. The Balaban J connectivity index is 1.59. The number of rotatable bonds is 4. The summed E-state index contributed by atoms with van der Waals surface area (Å²) in [5.41, 5.74) is 1.44. The molecule has 0 amide bonds. The van der Waals surface area contributed by atoms with Crippen molar-refractivity contribution in [2.75, 3.05) is 18.1 Å². The van der Waals surface area contributed by atoms with E-state index >= 15 is 0 Å².